The van der Waals surface area contributed by atoms with Crippen LogP contribution in [0.4, 0.5) is 11.4 Å². The summed E-state index contributed by atoms with van der Waals surface area (Å²) in [5.41, 5.74) is 14.9. The molecule has 49 heavy (non-hydrogen) atoms. The van der Waals surface area contributed by atoms with Crippen molar-refractivity contribution in [1.82, 2.24) is 0 Å². The molecule has 1 atom stereocenters. The normalized spacial score (nSPS) is 14.8. The van der Waals surface area contributed by atoms with E-state index in [4.69, 9.17) is 0 Å². The summed E-state index contributed by atoms with van der Waals surface area (Å²) in [5.74, 6) is 0.128. The molecule has 0 aromatic heterocycles. The minimum Gasteiger partial charge on any atom is -0.388 e. The summed E-state index contributed by atoms with van der Waals surface area (Å²) in [6, 6.07) is 58.9. The number of nitrogens with one attached hydrogen (secondary N) is 2. The van der Waals surface area contributed by atoms with Gasteiger partial charge in [0.15, 0.2) is 0 Å². The van der Waals surface area contributed by atoms with Gasteiger partial charge in [0, 0.05) is 42.7 Å². The summed E-state index contributed by atoms with van der Waals surface area (Å²) in [6.07, 6.45) is 4.85. The second-order valence-electron chi connectivity index (χ2n) is 13.4. The van der Waals surface area contributed by atoms with Crippen LogP contribution in [0.2, 0.25) is 0 Å². The highest BCUT2D eigenvalue weighted by Crippen LogP contribution is 2.63. The van der Waals surface area contributed by atoms with Crippen LogP contribution in [0.15, 0.2) is 164 Å². The minimum absolute atomic E-state index is 0.0460. The first kappa shape index (κ1) is 29.3. The van der Waals surface area contributed by atoms with E-state index >= 15 is 0 Å². The minimum atomic E-state index is -0.451. The predicted octanol–water partition coefficient (Wildman–Crippen LogP) is 11.5. The van der Waals surface area contributed by atoms with Gasteiger partial charge in [-0.15, -0.1) is 0 Å². The topological polar surface area (TPSA) is 24.1 Å². The maximum absolute atomic E-state index is 3.45. The molecule has 2 aliphatic rings. The number of hydrogen-bond acceptors (Lipinski definition) is 2. The highest BCUT2D eigenvalue weighted by molar-refractivity contribution is 5.88. The summed E-state index contributed by atoms with van der Waals surface area (Å²) >= 11 is 0. The smallest absolute Gasteiger partial charge is 0.0415 e. The fraction of sp³-hybridized carbons (Fsp3) is 0.106. The molecule has 2 nitrogen and oxygen atoms in total. The lowest BCUT2D eigenvalue weighted by Gasteiger charge is -2.46. The lowest BCUT2D eigenvalue weighted by molar-refractivity contribution is 0.417. The third-order valence-electron chi connectivity index (χ3n) is 11.0. The first-order valence-corrected chi connectivity index (χ1v) is 17.2. The standard InChI is InChI=1S/C47H38N2/c1-48-38-21-24-41-42-25-22-39(49-2)30-44(42)46(43(41)29-38)47(36-13-5-3-6-14-36,37-15-7-4-8-16-37)45-26-20-35-28-34(19-23-40(35)45)33-18-17-31-11-9-10-12-32(31)27-33/h3-30,45-46,48-49H,1-2H3. The van der Waals surface area contributed by atoms with Crippen molar-refractivity contribution < 1.29 is 0 Å². The van der Waals surface area contributed by atoms with Gasteiger partial charge in [0.25, 0.3) is 0 Å². The molecule has 2 N–H and O–H groups in total. The number of anilines is 2. The van der Waals surface area contributed by atoms with Crippen molar-refractivity contribution in [3.8, 4) is 22.3 Å². The van der Waals surface area contributed by atoms with E-state index in [0.29, 0.717) is 0 Å². The largest absolute Gasteiger partial charge is 0.388 e. The molecule has 0 saturated heterocycles. The van der Waals surface area contributed by atoms with E-state index in [0.717, 1.165) is 11.4 Å². The van der Waals surface area contributed by atoms with Gasteiger partial charge in [-0.05, 0) is 103 Å². The van der Waals surface area contributed by atoms with Crippen LogP contribution in [0.1, 0.15) is 45.2 Å². The molecule has 7 aromatic rings. The Morgan fingerprint density at radius 3 is 1.63 bits per heavy atom. The van der Waals surface area contributed by atoms with Crippen molar-refractivity contribution in [3.63, 3.8) is 0 Å². The van der Waals surface area contributed by atoms with Crippen LogP contribution in [0.3, 0.4) is 0 Å². The van der Waals surface area contributed by atoms with Crippen LogP contribution < -0.4 is 10.6 Å². The summed E-state index contributed by atoms with van der Waals surface area (Å²) < 4.78 is 0. The molecule has 2 aliphatic carbocycles. The average molecular weight is 631 g/mol. The van der Waals surface area contributed by atoms with Crippen molar-refractivity contribution in [2.45, 2.75) is 17.3 Å². The second-order valence-corrected chi connectivity index (χ2v) is 13.4. The monoisotopic (exact) mass is 630 g/mol. The number of hydrogen-bond donors (Lipinski definition) is 2. The molecular weight excluding hydrogens is 593 g/mol. The number of fused-ring (bicyclic) bond motifs is 5. The van der Waals surface area contributed by atoms with Crippen molar-refractivity contribution in [1.29, 1.82) is 0 Å². The average Bonchev–Trinajstić information content (AvgIpc) is 3.74. The van der Waals surface area contributed by atoms with Crippen LogP contribution in [0, 0.1) is 0 Å². The fourth-order valence-corrected chi connectivity index (χ4v) is 8.78. The third kappa shape index (κ3) is 4.55. The van der Waals surface area contributed by atoms with Gasteiger partial charge < -0.3 is 10.6 Å². The Hall–Kier alpha value is -5.86. The molecule has 0 heterocycles. The third-order valence-corrected chi connectivity index (χ3v) is 11.0. The maximum atomic E-state index is 3.45. The zero-order valence-electron chi connectivity index (χ0n) is 27.8. The zero-order chi connectivity index (χ0) is 33.0. The lowest BCUT2D eigenvalue weighted by Crippen LogP contribution is -2.40. The molecule has 2 heteroatoms. The molecule has 0 bridgehead atoms. The van der Waals surface area contributed by atoms with Gasteiger partial charge in [-0.1, -0.05) is 133 Å². The molecule has 0 aliphatic heterocycles. The van der Waals surface area contributed by atoms with Crippen LogP contribution in [-0.2, 0) is 5.41 Å². The second kappa shape index (κ2) is 11.7. The van der Waals surface area contributed by atoms with Gasteiger partial charge in [-0.25, -0.2) is 0 Å². The van der Waals surface area contributed by atoms with Crippen LogP contribution in [0.5, 0.6) is 0 Å². The first-order chi connectivity index (χ1) is 24.2. The summed E-state index contributed by atoms with van der Waals surface area (Å²) in [7, 11) is 4.03. The van der Waals surface area contributed by atoms with Gasteiger partial charge in [-0.2, -0.15) is 0 Å². The van der Waals surface area contributed by atoms with Gasteiger partial charge >= 0.3 is 0 Å². The van der Waals surface area contributed by atoms with Gasteiger partial charge in [0.05, 0.1) is 0 Å². The molecule has 7 aromatic carbocycles. The Kier molecular flexibility index (Phi) is 6.98. The van der Waals surface area contributed by atoms with Crippen molar-refractivity contribution in [3.05, 3.63) is 197 Å². The number of benzene rings is 7. The van der Waals surface area contributed by atoms with Crippen molar-refractivity contribution in [2.24, 2.45) is 0 Å². The summed E-state index contributed by atoms with van der Waals surface area (Å²) in [4.78, 5) is 0. The van der Waals surface area contributed by atoms with Crippen molar-refractivity contribution in [2.75, 3.05) is 24.7 Å². The van der Waals surface area contributed by atoms with E-state index in [1.807, 2.05) is 14.1 Å². The molecule has 0 amide bonds. The van der Waals surface area contributed by atoms with Crippen molar-refractivity contribution >= 4 is 28.2 Å². The maximum Gasteiger partial charge on any atom is 0.0415 e. The summed E-state index contributed by atoms with van der Waals surface area (Å²) in [6.45, 7) is 0. The molecule has 9 rings (SSSR count). The Labute approximate surface area is 288 Å². The summed E-state index contributed by atoms with van der Waals surface area (Å²) in [5, 5.41) is 9.43. The Morgan fingerprint density at radius 2 is 1.02 bits per heavy atom. The van der Waals surface area contributed by atoms with E-state index < -0.39 is 5.41 Å². The Morgan fingerprint density at radius 1 is 0.469 bits per heavy atom. The SMILES string of the molecule is CNc1ccc2c(c1)C(C(c1ccccc1)(c1ccccc1)C1C=Cc3cc(-c4ccc5ccccc5c4)ccc31)c1cc(NC)ccc1-2. The van der Waals surface area contributed by atoms with Crippen LogP contribution >= 0.6 is 0 Å². The van der Waals surface area contributed by atoms with Gasteiger partial charge in [0.1, 0.15) is 0 Å². The molecule has 0 spiro atoms. The highest BCUT2D eigenvalue weighted by Gasteiger charge is 2.53. The first-order valence-electron chi connectivity index (χ1n) is 17.2. The fourth-order valence-electron chi connectivity index (χ4n) is 8.78. The number of rotatable bonds is 7. The molecular formula is C47H38N2. The molecule has 0 radical (unpaired) electrons. The highest BCUT2D eigenvalue weighted by atomic mass is 14.8. The Balaban J connectivity index is 1.31. The van der Waals surface area contributed by atoms with E-state index in [1.54, 1.807) is 0 Å². The quantitative estimate of drug-likeness (QED) is 0.183. The van der Waals surface area contributed by atoms with E-state index in [9.17, 15) is 0 Å². The number of allylic oxidation sites excluding steroid dienone is 1. The molecule has 0 fully saturated rings. The van der Waals surface area contributed by atoms with E-state index in [1.165, 1.54) is 66.4 Å². The zero-order valence-corrected chi connectivity index (χ0v) is 27.8. The molecule has 236 valence electrons. The van der Waals surface area contributed by atoms with Gasteiger partial charge in [-0.3, -0.25) is 0 Å². The van der Waals surface area contributed by atoms with Crippen LogP contribution in [0.25, 0.3) is 39.1 Å². The Bertz CT molecular complexity index is 2280. The van der Waals surface area contributed by atoms with E-state index in [-0.39, 0.29) is 11.8 Å². The lowest BCUT2D eigenvalue weighted by atomic mass is 9.55. The van der Waals surface area contributed by atoms with Crippen LogP contribution in [-0.4, -0.2) is 14.1 Å². The predicted molar refractivity (Wildman–Crippen MR) is 208 cm³/mol. The molecule has 1 unspecified atom stereocenters. The van der Waals surface area contributed by atoms with E-state index in [2.05, 4.69) is 181 Å². The van der Waals surface area contributed by atoms with Gasteiger partial charge in [0.2, 0.25) is 0 Å². The molecule has 0 saturated carbocycles.